The van der Waals surface area contributed by atoms with Gasteiger partial charge in [0, 0.05) is 12.0 Å². The lowest BCUT2D eigenvalue weighted by molar-refractivity contribution is -0.143. The van der Waals surface area contributed by atoms with E-state index in [9.17, 15) is 14.0 Å². The summed E-state index contributed by atoms with van der Waals surface area (Å²) in [5.74, 6) is -0.124. The number of amides is 2. The zero-order valence-electron chi connectivity index (χ0n) is 13.7. The maximum absolute atomic E-state index is 13.0. The van der Waals surface area contributed by atoms with E-state index in [0.29, 0.717) is 11.4 Å². The molecule has 1 aliphatic carbocycles. The normalized spacial score (nSPS) is 19.8. The molecule has 0 unspecified atom stereocenters. The van der Waals surface area contributed by atoms with Crippen LogP contribution in [-0.4, -0.2) is 26.9 Å². The second-order valence-corrected chi connectivity index (χ2v) is 6.82. The zero-order chi connectivity index (χ0) is 17.4. The summed E-state index contributed by atoms with van der Waals surface area (Å²) in [5.41, 5.74) is 0.0917. The summed E-state index contributed by atoms with van der Waals surface area (Å²) in [4.78, 5) is 30.6. The highest BCUT2D eigenvalue weighted by Gasteiger charge is 2.51. The van der Waals surface area contributed by atoms with Gasteiger partial charge in [-0.25, -0.2) is 4.39 Å². The van der Waals surface area contributed by atoms with E-state index in [2.05, 4.69) is 10.1 Å². The Labute approximate surface area is 144 Å². The van der Waals surface area contributed by atoms with E-state index in [1.165, 1.54) is 17.0 Å². The summed E-state index contributed by atoms with van der Waals surface area (Å²) in [7, 11) is 0. The molecule has 0 N–H and O–H groups in total. The van der Waals surface area contributed by atoms with Crippen molar-refractivity contribution in [1.82, 2.24) is 15.0 Å². The quantitative estimate of drug-likeness (QED) is 0.801. The van der Waals surface area contributed by atoms with Crippen molar-refractivity contribution >= 4 is 11.8 Å². The summed E-state index contributed by atoms with van der Waals surface area (Å²) in [6, 6.07) is 5.72. The van der Waals surface area contributed by atoms with Crippen LogP contribution < -0.4 is 0 Å². The van der Waals surface area contributed by atoms with E-state index >= 15 is 0 Å². The Morgan fingerprint density at radius 3 is 2.56 bits per heavy atom. The average Bonchev–Trinajstić information content (AvgIpc) is 3.16. The van der Waals surface area contributed by atoms with Crippen LogP contribution in [0, 0.1) is 11.2 Å². The van der Waals surface area contributed by atoms with Crippen LogP contribution in [0.25, 0.3) is 11.4 Å². The number of benzene rings is 1. The number of likely N-dealkylation sites (tertiary alicyclic amines) is 1. The second kappa shape index (κ2) is 6.06. The Morgan fingerprint density at radius 2 is 1.84 bits per heavy atom. The van der Waals surface area contributed by atoms with Crippen LogP contribution in [0.4, 0.5) is 4.39 Å². The van der Waals surface area contributed by atoms with Gasteiger partial charge in [-0.05, 0) is 37.1 Å². The van der Waals surface area contributed by atoms with Gasteiger partial charge in [-0.2, -0.15) is 4.98 Å². The van der Waals surface area contributed by atoms with Crippen molar-refractivity contribution in [2.45, 2.75) is 45.1 Å². The zero-order valence-corrected chi connectivity index (χ0v) is 13.7. The standard InChI is InChI=1S/C18H18FN3O3/c19-13-6-4-12(5-7-13)16-20-14(25-21-16)11-22-15(23)10-18(17(22)24)8-2-1-3-9-18/h4-7H,1-3,8-11H2. The fourth-order valence-corrected chi connectivity index (χ4v) is 3.81. The molecule has 1 spiro atoms. The van der Waals surface area contributed by atoms with Crippen molar-refractivity contribution in [3.63, 3.8) is 0 Å². The van der Waals surface area contributed by atoms with E-state index in [1.54, 1.807) is 12.1 Å². The number of hydrogen-bond donors (Lipinski definition) is 0. The number of carbonyl (C=O) groups excluding carboxylic acids is 2. The molecule has 0 radical (unpaired) electrons. The summed E-state index contributed by atoms with van der Waals surface area (Å²) in [6.07, 6.45) is 4.93. The molecule has 7 heteroatoms. The highest BCUT2D eigenvalue weighted by atomic mass is 19.1. The first-order valence-corrected chi connectivity index (χ1v) is 8.51. The average molecular weight is 343 g/mol. The molecule has 1 saturated carbocycles. The van der Waals surface area contributed by atoms with E-state index in [-0.39, 0.29) is 36.5 Å². The molecule has 4 rings (SSSR count). The number of nitrogens with zero attached hydrogens (tertiary/aromatic N) is 3. The van der Waals surface area contributed by atoms with Crippen LogP contribution >= 0.6 is 0 Å². The molecule has 2 aliphatic rings. The van der Waals surface area contributed by atoms with Crippen LogP contribution in [0.15, 0.2) is 28.8 Å². The molecule has 6 nitrogen and oxygen atoms in total. The van der Waals surface area contributed by atoms with Gasteiger partial charge in [0.15, 0.2) is 0 Å². The van der Waals surface area contributed by atoms with E-state index < -0.39 is 5.41 Å². The third-order valence-corrected chi connectivity index (χ3v) is 5.16. The molecule has 25 heavy (non-hydrogen) atoms. The van der Waals surface area contributed by atoms with Crippen LogP contribution in [-0.2, 0) is 16.1 Å². The fraction of sp³-hybridized carbons (Fsp3) is 0.444. The van der Waals surface area contributed by atoms with Gasteiger partial charge in [-0.15, -0.1) is 0 Å². The third kappa shape index (κ3) is 2.83. The molecule has 1 aromatic heterocycles. The van der Waals surface area contributed by atoms with Crippen molar-refractivity contribution < 1.29 is 18.5 Å². The van der Waals surface area contributed by atoms with Gasteiger partial charge in [0.2, 0.25) is 23.5 Å². The smallest absolute Gasteiger partial charge is 0.247 e. The highest BCUT2D eigenvalue weighted by Crippen LogP contribution is 2.45. The van der Waals surface area contributed by atoms with Crippen molar-refractivity contribution in [3.8, 4) is 11.4 Å². The molecule has 1 aromatic carbocycles. The lowest BCUT2D eigenvalue weighted by Crippen LogP contribution is -2.36. The van der Waals surface area contributed by atoms with Gasteiger partial charge >= 0.3 is 0 Å². The minimum Gasteiger partial charge on any atom is -0.337 e. The molecule has 2 amide bonds. The molecule has 2 heterocycles. The number of hydrogen-bond acceptors (Lipinski definition) is 5. The summed E-state index contributed by atoms with van der Waals surface area (Å²) in [6.45, 7) is -0.00634. The summed E-state index contributed by atoms with van der Waals surface area (Å²) in [5, 5.41) is 3.85. The maximum atomic E-state index is 13.0. The van der Waals surface area contributed by atoms with Crippen molar-refractivity contribution in [2.24, 2.45) is 5.41 Å². The van der Waals surface area contributed by atoms with Gasteiger partial charge in [0.1, 0.15) is 12.4 Å². The largest absolute Gasteiger partial charge is 0.337 e. The number of imide groups is 1. The Bertz CT molecular complexity index is 809. The molecule has 0 bridgehead atoms. The molecule has 1 saturated heterocycles. The molecule has 0 atom stereocenters. The van der Waals surface area contributed by atoms with Gasteiger partial charge in [-0.3, -0.25) is 14.5 Å². The Balaban J connectivity index is 1.51. The molecule has 130 valence electrons. The molecular weight excluding hydrogens is 325 g/mol. The molecule has 1 aliphatic heterocycles. The number of aromatic nitrogens is 2. The monoisotopic (exact) mass is 343 g/mol. The minimum atomic E-state index is -0.519. The number of halogens is 1. The second-order valence-electron chi connectivity index (χ2n) is 6.82. The SMILES string of the molecule is O=C1CC2(CCCCC2)C(=O)N1Cc1nc(-c2ccc(F)cc2)no1. The molecular formula is C18H18FN3O3. The van der Waals surface area contributed by atoms with E-state index in [0.717, 1.165) is 32.1 Å². The predicted octanol–water partition coefficient (Wildman–Crippen LogP) is 3.09. The minimum absolute atomic E-state index is 0.00634. The van der Waals surface area contributed by atoms with Gasteiger partial charge in [0.05, 0.1) is 5.41 Å². The van der Waals surface area contributed by atoms with Gasteiger partial charge in [0.25, 0.3) is 0 Å². The molecule has 2 fully saturated rings. The fourth-order valence-electron chi connectivity index (χ4n) is 3.81. The molecule has 2 aromatic rings. The predicted molar refractivity (Wildman–Crippen MR) is 85.4 cm³/mol. The van der Waals surface area contributed by atoms with Crippen LogP contribution in [0.3, 0.4) is 0 Å². The lowest BCUT2D eigenvalue weighted by atomic mass is 9.73. The Morgan fingerprint density at radius 1 is 1.12 bits per heavy atom. The Hall–Kier alpha value is -2.57. The number of carbonyl (C=O) groups is 2. The summed E-state index contributed by atoms with van der Waals surface area (Å²) >= 11 is 0. The van der Waals surface area contributed by atoms with Gasteiger partial charge < -0.3 is 4.52 Å². The van der Waals surface area contributed by atoms with Crippen molar-refractivity contribution in [1.29, 1.82) is 0 Å². The maximum Gasteiger partial charge on any atom is 0.247 e. The van der Waals surface area contributed by atoms with Crippen LogP contribution in [0.5, 0.6) is 0 Å². The Kier molecular flexibility index (Phi) is 3.86. The first kappa shape index (κ1) is 15.9. The highest BCUT2D eigenvalue weighted by molar-refractivity contribution is 6.05. The number of rotatable bonds is 3. The lowest BCUT2D eigenvalue weighted by Gasteiger charge is -2.30. The topological polar surface area (TPSA) is 76.3 Å². The van der Waals surface area contributed by atoms with E-state index in [4.69, 9.17) is 4.52 Å². The van der Waals surface area contributed by atoms with E-state index in [1.807, 2.05) is 0 Å². The van der Waals surface area contributed by atoms with Crippen LogP contribution in [0.1, 0.15) is 44.4 Å². The first-order valence-electron chi connectivity index (χ1n) is 8.51. The summed E-state index contributed by atoms with van der Waals surface area (Å²) < 4.78 is 18.2. The van der Waals surface area contributed by atoms with Gasteiger partial charge in [-0.1, -0.05) is 24.4 Å². The first-order chi connectivity index (χ1) is 12.1. The third-order valence-electron chi connectivity index (χ3n) is 5.16. The van der Waals surface area contributed by atoms with Crippen molar-refractivity contribution in [2.75, 3.05) is 0 Å². The van der Waals surface area contributed by atoms with Crippen molar-refractivity contribution in [3.05, 3.63) is 36.0 Å². The van der Waals surface area contributed by atoms with Crippen LogP contribution in [0.2, 0.25) is 0 Å².